The summed E-state index contributed by atoms with van der Waals surface area (Å²) in [5.74, 6) is 0.388. The molecule has 1 fully saturated rings. The van der Waals surface area contributed by atoms with E-state index in [1.54, 1.807) is 6.07 Å². The van der Waals surface area contributed by atoms with Crippen molar-refractivity contribution in [2.45, 2.75) is 26.2 Å². The second kappa shape index (κ2) is 5.30. The Labute approximate surface area is 101 Å². The molecule has 0 radical (unpaired) electrons. The second-order valence-corrected chi connectivity index (χ2v) is 4.84. The zero-order chi connectivity index (χ0) is 12.3. The molecule has 1 heterocycles. The first-order valence-corrected chi connectivity index (χ1v) is 6.20. The monoisotopic (exact) mass is 235 g/mol. The summed E-state index contributed by atoms with van der Waals surface area (Å²) in [6, 6.07) is 4.46. The third-order valence-corrected chi connectivity index (χ3v) is 3.47. The van der Waals surface area contributed by atoms with Gasteiger partial charge in [-0.1, -0.05) is 6.92 Å². The Hall–Kier alpha value is -1.38. The van der Waals surface area contributed by atoms with Gasteiger partial charge >= 0.3 is 0 Å². The van der Waals surface area contributed by atoms with E-state index in [1.165, 1.54) is 18.6 Å². The van der Waals surface area contributed by atoms with Crippen LogP contribution >= 0.6 is 0 Å². The van der Waals surface area contributed by atoms with Crippen LogP contribution in [0.25, 0.3) is 0 Å². The molecule has 1 unspecified atom stereocenters. The molecule has 1 saturated heterocycles. The quantitative estimate of drug-likeness (QED) is 0.733. The van der Waals surface area contributed by atoms with Gasteiger partial charge in [0, 0.05) is 24.3 Å². The third-order valence-electron chi connectivity index (χ3n) is 3.47. The van der Waals surface area contributed by atoms with E-state index in [2.05, 4.69) is 11.8 Å². The van der Waals surface area contributed by atoms with Gasteiger partial charge in [0.25, 0.3) is 0 Å². The molecule has 0 spiro atoms. The molecule has 0 bridgehead atoms. The molecule has 0 aromatic heterocycles. The molecule has 0 saturated carbocycles. The first kappa shape index (κ1) is 12.1. The maximum absolute atomic E-state index is 13.1. The van der Waals surface area contributed by atoms with Crippen molar-refractivity contribution in [3.8, 4) is 0 Å². The van der Waals surface area contributed by atoms with Crippen LogP contribution in [0.15, 0.2) is 18.2 Å². The molecular weight excluding hydrogens is 217 g/mol. The number of anilines is 1. The summed E-state index contributed by atoms with van der Waals surface area (Å²) in [4.78, 5) is 13.2. The zero-order valence-electron chi connectivity index (χ0n) is 10.2. The summed E-state index contributed by atoms with van der Waals surface area (Å²) in [5, 5.41) is 0. The van der Waals surface area contributed by atoms with Crippen molar-refractivity contribution in [1.82, 2.24) is 0 Å². The number of rotatable bonds is 2. The molecule has 92 valence electrons. The van der Waals surface area contributed by atoms with Crippen LogP contribution in [0.2, 0.25) is 0 Å². The van der Waals surface area contributed by atoms with Gasteiger partial charge in [-0.3, -0.25) is 4.79 Å². The van der Waals surface area contributed by atoms with Crippen LogP contribution in [0.4, 0.5) is 10.1 Å². The van der Waals surface area contributed by atoms with Gasteiger partial charge < -0.3 is 4.90 Å². The van der Waals surface area contributed by atoms with Gasteiger partial charge in [-0.25, -0.2) is 4.39 Å². The van der Waals surface area contributed by atoms with E-state index >= 15 is 0 Å². The van der Waals surface area contributed by atoms with Crippen molar-refractivity contribution in [2.75, 3.05) is 18.0 Å². The number of carbonyl (C=O) groups excluding carboxylic acids is 1. The molecule has 1 atom stereocenters. The second-order valence-electron chi connectivity index (χ2n) is 4.84. The lowest BCUT2D eigenvalue weighted by molar-refractivity contribution is 0.112. The predicted octanol–water partition coefficient (Wildman–Crippen LogP) is 3.26. The van der Waals surface area contributed by atoms with Crippen LogP contribution < -0.4 is 4.90 Å². The molecule has 1 aromatic carbocycles. The minimum absolute atomic E-state index is 0.348. The van der Waals surface area contributed by atoms with Gasteiger partial charge in [0.15, 0.2) is 6.29 Å². The number of carbonyl (C=O) groups is 1. The van der Waals surface area contributed by atoms with Crippen LogP contribution in [-0.2, 0) is 0 Å². The lowest BCUT2D eigenvalue weighted by Crippen LogP contribution is -2.25. The van der Waals surface area contributed by atoms with Gasteiger partial charge in [-0.05, 0) is 43.4 Å². The molecule has 0 aliphatic carbocycles. The van der Waals surface area contributed by atoms with Gasteiger partial charge in [-0.2, -0.15) is 0 Å². The van der Waals surface area contributed by atoms with Crippen LogP contribution in [0.1, 0.15) is 36.5 Å². The first-order valence-electron chi connectivity index (χ1n) is 6.20. The maximum Gasteiger partial charge on any atom is 0.152 e. The highest BCUT2D eigenvalue weighted by Gasteiger charge is 2.16. The highest BCUT2D eigenvalue weighted by molar-refractivity contribution is 5.84. The largest absolute Gasteiger partial charge is 0.371 e. The number of hydrogen-bond donors (Lipinski definition) is 0. The minimum Gasteiger partial charge on any atom is -0.371 e. The van der Waals surface area contributed by atoms with Crippen molar-refractivity contribution in [3.63, 3.8) is 0 Å². The number of nitrogens with zero attached hydrogens (tertiary/aromatic N) is 1. The molecular formula is C14H18FNO. The molecule has 2 nitrogen and oxygen atoms in total. The summed E-state index contributed by atoms with van der Waals surface area (Å²) in [7, 11) is 0. The van der Waals surface area contributed by atoms with Crippen LogP contribution in [0, 0.1) is 11.7 Å². The van der Waals surface area contributed by atoms with Crippen molar-refractivity contribution < 1.29 is 9.18 Å². The maximum atomic E-state index is 13.1. The highest BCUT2D eigenvalue weighted by atomic mass is 19.1. The Morgan fingerprint density at radius 3 is 2.94 bits per heavy atom. The van der Waals surface area contributed by atoms with Crippen LogP contribution in [0.3, 0.4) is 0 Å². The number of halogens is 1. The Bertz CT molecular complexity index is 405. The molecule has 0 N–H and O–H groups in total. The molecule has 1 aliphatic rings. The molecule has 1 aromatic rings. The zero-order valence-corrected chi connectivity index (χ0v) is 10.2. The summed E-state index contributed by atoms with van der Waals surface area (Å²) in [6.45, 7) is 4.17. The third kappa shape index (κ3) is 2.84. The average Bonchev–Trinajstić information content (AvgIpc) is 2.54. The molecule has 17 heavy (non-hydrogen) atoms. The van der Waals surface area contributed by atoms with Gasteiger partial charge in [0.2, 0.25) is 0 Å². The van der Waals surface area contributed by atoms with E-state index in [0.717, 1.165) is 43.8 Å². The molecule has 1 aliphatic heterocycles. The first-order chi connectivity index (χ1) is 8.20. The van der Waals surface area contributed by atoms with E-state index in [1.807, 2.05) is 0 Å². The fourth-order valence-corrected chi connectivity index (χ4v) is 2.41. The van der Waals surface area contributed by atoms with Crippen molar-refractivity contribution in [3.05, 3.63) is 29.6 Å². The molecule has 2 rings (SSSR count). The Morgan fingerprint density at radius 2 is 2.18 bits per heavy atom. The lowest BCUT2D eigenvalue weighted by atomic mass is 10.0. The predicted molar refractivity (Wildman–Crippen MR) is 67.0 cm³/mol. The molecule has 0 amide bonds. The van der Waals surface area contributed by atoms with E-state index < -0.39 is 0 Å². The highest BCUT2D eigenvalue weighted by Crippen LogP contribution is 2.25. The van der Waals surface area contributed by atoms with Crippen molar-refractivity contribution in [1.29, 1.82) is 0 Å². The number of hydrogen-bond acceptors (Lipinski definition) is 2. The van der Waals surface area contributed by atoms with Crippen molar-refractivity contribution >= 4 is 12.0 Å². The smallest absolute Gasteiger partial charge is 0.152 e. The SMILES string of the molecule is CC1CCCN(c2ccc(F)cc2C=O)CC1. The summed E-state index contributed by atoms with van der Waals surface area (Å²) >= 11 is 0. The van der Waals surface area contributed by atoms with E-state index in [4.69, 9.17) is 0 Å². The minimum atomic E-state index is -0.348. The summed E-state index contributed by atoms with van der Waals surface area (Å²) < 4.78 is 13.1. The van der Waals surface area contributed by atoms with Crippen molar-refractivity contribution in [2.24, 2.45) is 5.92 Å². The van der Waals surface area contributed by atoms with Gasteiger partial charge in [0.1, 0.15) is 5.82 Å². The van der Waals surface area contributed by atoms with Gasteiger partial charge in [-0.15, -0.1) is 0 Å². The topological polar surface area (TPSA) is 20.3 Å². The van der Waals surface area contributed by atoms with Crippen LogP contribution in [0.5, 0.6) is 0 Å². The number of aldehydes is 1. The Morgan fingerprint density at radius 1 is 1.35 bits per heavy atom. The Kier molecular flexibility index (Phi) is 3.77. The van der Waals surface area contributed by atoms with Gasteiger partial charge in [0.05, 0.1) is 0 Å². The Balaban J connectivity index is 2.23. The molecule has 3 heteroatoms. The fraction of sp³-hybridized carbons (Fsp3) is 0.500. The standard InChI is InChI=1S/C14H18FNO/c1-11-3-2-7-16(8-6-11)14-5-4-13(15)9-12(14)10-17/h4-5,9-11H,2-3,6-8H2,1H3. The average molecular weight is 235 g/mol. The normalized spacial score (nSPS) is 21.1. The van der Waals surface area contributed by atoms with E-state index in [0.29, 0.717) is 5.56 Å². The summed E-state index contributed by atoms with van der Waals surface area (Å²) in [5.41, 5.74) is 1.33. The lowest BCUT2D eigenvalue weighted by Gasteiger charge is -2.24. The van der Waals surface area contributed by atoms with E-state index in [9.17, 15) is 9.18 Å². The van der Waals surface area contributed by atoms with E-state index in [-0.39, 0.29) is 5.82 Å². The number of benzene rings is 1. The summed E-state index contributed by atoms with van der Waals surface area (Å²) in [6.07, 6.45) is 4.24. The van der Waals surface area contributed by atoms with Crippen LogP contribution in [-0.4, -0.2) is 19.4 Å². The fourth-order valence-electron chi connectivity index (χ4n) is 2.41.